The van der Waals surface area contributed by atoms with Gasteiger partial charge in [-0.3, -0.25) is 4.79 Å². The SMILES string of the molecule is C=C/C=C(\N=C(\F)C(C)c1nc2c(s1)C(=O)N(c1ccnnc1)CC2)N1CCC(F)C1. The fourth-order valence-corrected chi connectivity index (χ4v) is 4.68. The molecule has 0 radical (unpaired) electrons. The number of carbonyl (C=O) groups is 1. The van der Waals surface area contributed by atoms with Crippen molar-refractivity contribution >= 4 is 28.9 Å². The van der Waals surface area contributed by atoms with E-state index in [1.807, 2.05) is 0 Å². The standard InChI is InChI=1S/C21H22F2N6OS/c1-3-4-17(28-9-6-14(22)12-28)27-19(23)13(2)20-26-16-7-10-29(21(30)18(16)31-20)15-5-8-24-25-11-15/h3-5,8,11,13-14H,1,6-7,9-10,12H2,2H3/b17-4+,27-19+. The minimum absolute atomic E-state index is 0.180. The Labute approximate surface area is 182 Å². The van der Waals surface area contributed by atoms with Crippen molar-refractivity contribution in [3.05, 3.63) is 58.6 Å². The van der Waals surface area contributed by atoms with Gasteiger partial charge in [0.1, 0.15) is 21.9 Å². The molecule has 0 N–H and O–H groups in total. The molecule has 4 heterocycles. The van der Waals surface area contributed by atoms with Gasteiger partial charge in [-0.1, -0.05) is 12.7 Å². The molecule has 0 aliphatic carbocycles. The number of rotatable bonds is 6. The van der Waals surface area contributed by atoms with Crippen LogP contribution in [0.15, 0.2) is 48.0 Å². The highest BCUT2D eigenvalue weighted by molar-refractivity contribution is 7.14. The zero-order chi connectivity index (χ0) is 22.0. The minimum atomic E-state index is -0.945. The largest absolute Gasteiger partial charge is 0.354 e. The average Bonchev–Trinajstić information content (AvgIpc) is 3.40. The first kappa shape index (κ1) is 21.2. The van der Waals surface area contributed by atoms with Crippen LogP contribution >= 0.6 is 11.3 Å². The highest BCUT2D eigenvalue weighted by atomic mass is 32.1. The van der Waals surface area contributed by atoms with Crippen molar-refractivity contribution in [1.82, 2.24) is 20.1 Å². The Morgan fingerprint density at radius 1 is 1.42 bits per heavy atom. The molecule has 2 unspecified atom stereocenters. The molecule has 31 heavy (non-hydrogen) atoms. The second-order valence-electron chi connectivity index (χ2n) is 7.38. The van der Waals surface area contributed by atoms with E-state index in [0.29, 0.717) is 53.0 Å². The van der Waals surface area contributed by atoms with Crippen LogP contribution in [0, 0.1) is 0 Å². The van der Waals surface area contributed by atoms with Crippen LogP contribution in [0.3, 0.4) is 0 Å². The summed E-state index contributed by atoms with van der Waals surface area (Å²) in [6.07, 6.45) is 6.16. The molecular weight excluding hydrogens is 422 g/mol. The number of carbonyl (C=O) groups excluding carboxylic acids is 1. The monoisotopic (exact) mass is 444 g/mol. The molecule has 2 aromatic heterocycles. The number of amides is 1. The van der Waals surface area contributed by atoms with Gasteiger partial charge in [-0.05, 0) is 25.5 Å². The van der Waals surface area contributed by atoms with Crippen LogP contribution in [-0.2, 0) is 6.42 Å². The molecule has 2 atom stereocenters. The molecule has 1 fully saturated rings. The summed E-state index contributed by atoms with van der Waals surface area (Å²) in [5, 5.41) is 8.05. The molecule has 1 amide bonds. The average molecular weight is 445 g/mol. The Balaban J connectivity index is 1.55. The number of alkyl halides is 1. The van der Waals surface area contributed by atoms with Crippen molar-refractivity contribution in [2.24, 2.45) is 4.99 Å². The molecule has 7 nitrogen and oxygen atoms in total. The summed E-state index contributed by atoms with van der Waals surface area (Å²) in [7, 11) is 0. The maximum Gasteiger partial charge on any atom is 0.270 e. The Morgan fingerprint density at radius 3 is 2.94 bits per heavy atom. The lowest BCUT2D eigenvalue weighted by atomic mass is 10.1. The van der Waals surface area contributed by atoms with Crippen molar-refractivity contribution in [3.8, 4) is 0 Å². The molecule has 162 valence electrons. The number of likely N-dealkylation sites (tertiary alicyclic amines) is 1. The van der Waals surface area contributed by atoms with E-state index >= 15 is 4.39 Å². The number of hydrogen-bond donors (Lipinski definition) is 0. The van der Waals surface area contributed by atoms with Crippen molar-refractivity contribution in [2.75, 3.05) is 24.5 Å². The summed E-state index contributed by atoms with van der Waals surface area (Å²) < 4.78 is 28.6. The highest BCUT2D eigenvalue weighted by Crippen LogP contribution is 2.32. The van der Waals surface area contributed by atoms with Gasteiger partial charge < -0.3 is 9.80 Å². The lowest BCUT2D eigenvalue weighted by Crippen LogP contribution is -2.37. The molecule has 0 spiro atoms. The molecule has 0 saturated carbocycles. The number of aromatic nitrogens is 3. The molecule has 0 aromatic carbocycles. The smallest absolute Gasteiger partial charge is 0.270 e. The molecule has 1 saturated heterocycles. The topological polar surface area (TPSA) is 74.6 Å². The van der Waals surface area contributed by atoms with Crippen LogP contribution in [0.2, 0.25) is 0 Å². The number of halogens is 2. The van der Waals surface area contributed by atoms with Gasteiger partial charge in [-0.2, -0.15) is 14.6 Å². The quantitative estimate of drug-likeness (QED) is 0.502. The van der Waals surface area contributed by atoms with Crippen LogP contribution in [0.1, 0.15) is 39.6 Å². The molecule has 2 aliphatic heterocycles. The summed E-state index contributed by atoms with van der Waals surface area (Å²) >= 11 is 1.18. The first-order valence-electron chi connectivity index (χ1n) is 10.0. The summed E-state index contributed by atoms with van der Waals surface area (Å²) in [4.78, 5) is 25.4. The zero-order valence-electron chi connectivity index (χ0n) is 17.0. The molecule has 0 bridgehead atoms. The van der Waals surface area contributed by atoms with Crippen LogP contribution in [0.4, 0.5) is 14.5 Å². The van der Waals surface area contributed by atoms with Crippen molar-refractivity contribution in [1.29, 1.82) is 0 Å². The maximum absolute atomic E-state index is 15.0. The third-order valence-corrected chi connectivity index (χ3v) is 6.54. The van der Waals surface area contributed by atoms with E-state index in [1.54, 1.807) is 28.9 Å². The molecule has 10 heteroatoms. The van der Waals surface area contributed by atoms with Gasteiger partial charge in [0, 0.05) is 19.5 Å². The van der Waals surface area contributed by atoms with E-state index in [2.05, 4.69) is 26.8 Å². The normalized spacial score (nSPS) is 20.7. The van der Waals surface area contributed by atoms with Gasteiger partial charge in [0.2, 0.25) is 5.97 Å². The molecular formula is C21H22F2N6OS. The third kappa shape index (κ3) is 4.39. The maximum atomic E-state index is 15.0. The van der Waals surface area contributed by atoms with E-state index in [1.165, 1.54) is 29.8 Å². The van der Waals surface area contributed by atoms with E-state index in [-0.39, 0.29) is 12.5 Å². The Kier molecular flexibility index (Phi) is 6.17. The third-order valence-electron chi connectivity index (χ3n) is 5.28. The number of hydrogen-bond acceptors (Lipinski definition) is 7. The number of allylic oxidation sites excluding steroid dienone is 2. The van der Waals surface area contributed by atoms with Gasteiger partial charge >= 0.3 is 0 Å². The van der Waals surface area contributed by atoms with Gasteiger partial charge in [0.25, 0.3) is 5.91 Å². The zero-order valence-corrected chi connectivity index (χ0v) is 17.9. The van der Waals surface area contributed by atoms with Crippen LogP contribution in [0.5, 0.6) is 0 Å². The number of thiazole rings is 1. The van der Waals surface area contributed by atoms with Gasteiger partial charge in [0.05, 0.1) is 36.2 Å². The molecule has 2 aromatic rings. The number of aliphatic imine (C=N–C) groups is 1. The fraction of sp³-hybridized carbons (Fsp3) is 0.381. The Bertz CT molecular complexity index is 1040. The Morgan fingerprint density at radius 2 is 2.26 bits per heavy atom. The predicted octanol–water partition coefficient (Wildman–Crippen LogP) is 3.68. The lowest BCUT2D eigenvalue weighted by Gasteiger charge is -2.25. The van der Waals surface area contributed by atoms with Gasteiger partial charge in [-0.25, -0.2) is 14.4 Å². The van der Waals surface area contributed by atoms with Crippen LogP contribution in [0.25, 0.3) is 0 Å². The Hall–Kier alpha value is -3.01. The lowest BCUT2D eigenvalue weighted by molar-refractivity contribution is 0.0984. The van der Waals surface area contributed by atoms with Crippen LogP contribution in [-0.4, -0.2) is 57.8 Å². The van der Waals surface area contributed by atoms with Crippen LogP contribution < -0.4 is 4.90 Å². The van der Waals surface area contributed by atoms with E-state index in [9.17, 15) is 9.18 Å². The first-order chi connectivity index (χ1) is 15.0. The van der Waals surface area contributed by atoms with Gasteiger partial charge in [0.15, 0.2) is 0 Å². The van der Waals surface area contributed by atoms with E-state index in [4.69, 9.17) is 0 Å². The van der Waals surface area contributed by atoms with Crippen molar-refractivity contribution < 1.29 is 13.6 Å². The summed E-state index contributed by atoms with van der Waals surface area (Å²) in [5.74, 6) is -1.20. The molecule has 4 rings (SSSR count). The minimum Gasteiger partial charge on any atom is -0.354 e. The fourth-order valence-electron chi connectivity index (χ4n) is 3.58. The second-order valence-corrected chi connectivity index (χ2v) is 8.41. The molecule has 2 aliphatic rings. The summed E-state index contributed by atoms with van der Waals surface area (Å²) in [6, 6.07) is 1.72. The predicted molar refractivity (Wildman–Crippen MR) is 116 cm³/mol. The summed E-state index contributed by atoms with van der Waals surface area (Å²) in [6.45, 7) is 6.43. The number of anilines is 1. The first-order valence-corrected chi connectivity index (χ1v) is 10.8. The second kappa shape index (κ2) is 9.01. The highest BCUT2D eigenvalue weighted by Gasteiger charge is 2.32. The number of nitrogens with zero attached hydrogens (tertiary/aromatic N) is 6. The van der Waals surface area contributed by atoms with Crippen molar-refractivity contribution in [3.63, 3.8) is 0 Å². The van der Waals surface area contributed by atoms with Crippen molar-refractivity contribution in [2.45, 2.75) is 31.9 Å². The number of fused-ring (bicyclic) bond motifs is 1. The summed E-state index contributed by atoms with van der Waals surface area (Å²) in [5.41, 5.74) is 1.34. The van der Waals surface area contributed by atoms with E-state index in [0.717, 1.165) is 0 Å². The van der Waals surface area contributed by atoms with Gasteiger partial charge in [-0.15, -0.1) is 11.3 Å². The van der Waals surface area contributed by atoms with E-state index < -0.39 is 18.1 Å².